The van der Waals surface area contributed by atoms with Gasteiger partial charge in [0, 0.05) is 39.0 Å². The smallest absolute Gasteiger partial charge is 0.0540 e. The summed E-state index contributed by atoms with van der Waals surface area (Å²) >= 11 is 0. The topological polar surface area (TPSA) is 6.48 Å². The van der Waals surface area contributed by atoms with Crippen molar-refractivity contribution in [3.05, 3.63) is 254 Å². The van der Waals surface area contributed by atoms with Crippen LogP contribution in [0.3, 0.4) is 0 Å². The summed E-state index contributed by atoms with van der Waals surface area (Å²) in [6, 6.07) is 89.6. The number of hydrogen-bond donors (Lipinski definition) is 0. The van der Waals surface area contributed by atoms with Crippen molar-refractivity contribution in [1.82, 2.24) is 0 Å². The summed E-state index contributed by atoms with van der Waals surface area (Å²) in [6.45, 7) is 4.75. The molecule has 2 heteroatoms. The Hall–Kier alpha value is -8.46. The molecule has 1 aliphatic heterocycles. The number of anilines is 6. The van der Waals surface area contributed by atoms with Gasteiger partial charge in [0.2, 0.25) is 0 Å². The summed E-state index contributed by atoms with van der Waals surface area (Å²) in [5.74, 6) is 0. The van der Waals surface area contributed by atoms with Gasteiger partial charge in [-0.2, -0.15) is 0 Å². The lowest BCUT2D eigenvalue weighted by molar-refractivity contribution is 0.661. The summed E-state index contributed by atoms with van der Waals surface area (Å²) < 4.78 is 0. The van der Waals surface area contributed by atoms with Crippen LogP contribution in [-0.2, 0) is 5.41 Å². The largest absolute Gasteiger partial charge is 0.310 e. The number of benzene rings is 11. The van der Waals surface area contributed by atoms with Crippen LogP contribution < -0.4 is 9.80 Å². The van der Waals surface area contributed by atoms with Gasteiger partial charge in [0.25, 0.3) is 0 Å². The molecule has 2 nitrogen and oxygen atoms in total. The van der Waals surface area contributed by atoms with Crippen molar-refractivity contribution >= 4 is 55.7 Å². The van der Waals surface area contributed by atoms with Gasteiger partial charge >= 0.3 is 0 Å². The molecule has 0 aromatic heterocycles. The first-order chi connectivity index (χ1) is 33.0. The van der Waals surface area contributed by atoms with Crippen molar-refractivity contribution in [3.63, 3.8) is 0 Å². The van der Waals surface area contributed by atoms with Crippen LogP contribution in [0.5, 0.6) is 0 Å². The van der Waals surface area contributed by atoms with E-state index in [2.05, 4.69) is 266 Å². The summed E-state index contributed by atoms with van der Waals surface area (Å²) in [4.78, 5) is 4.93. The minimum absolute atomic E-state index is 0.118. The molecule has 0 unspecified atom stereocenters. The zero-order valence-corrected chi connectivity index (χ0v) is 37.5. The molecule has 0 bridgehead atoms. The van der Waals surface area contributed by atoms with Crippen LogP contribution in [0, 0.1) is 0 Å². The fraction of sp³-hybridized carbons (Fsp3) is 0.0462. The van der Waals surface area contributed by atoms with Crippen LogP contribution in [-0.4, -0.2) is 0 Å². The Balaban J connectivity index is 1.01. The molecule has 0 atom stereocenters. The molecule has 0 N–H and O–H groups in total. The second-order valence-electron chi connectivity index (χ2n) is 18.5. The Morgan fingerprint density at radius 3 is 1.45 bits per heavy atom. The predicted octanol–water partition coefficient (Wildman–Crippen LogP) is 18.2. The van der Waals surface area contributed by atoms with Gasteiger partial charge in [0.1, 0.15) is 0 Å². The van der Waals surface area contributed by atoms with E-state index in [9.17, 15) is 0 Å². The van der Waals surface area contributed by atoms with Gasteiger partial charge in [-0.05, 0) is 139 Å². The van der Waals surface area contributed by atoms with Crippen LogP contribution in [0.25, 0.3) is 77.2 Å². The van der Waals surface area contributed by atoms with E-state index in [0.717, 1.165) is 34.1 Å². The van der Waals surface area contributed by atoms with Gasteiger partial charge in [0.15, 0.2) is 0 Å². The molecule has 0 radical (unpaired) electrons. The Bertz CT molecular complexity index is 3560. The fourth-order valence-electron chi connectivity index (χ4n) is 11.1. The van der Waals surface area contributed by atoms with Crippen LogP contribution >= 0.6 is 0 Å². The third kappa shape index (κ3) is 6.25. The molecule has 13 rings (SSSR count). The first-order valence-electron chi connectivity index (χ1n) is 23.3. The highest BCUT2D eigenvalue weighted by atomic mass is 15.2. The molecular weight excluding hydrogens is 809 g/mol. The Kier molecular flexibility index (Phi) is 8.91. The monoisotopic (exact) mass is 854 g/mol. The lowest BCUT2D eigenvalue weighted by atomic mass is 9.82. The SMILES string of the molecule is CC1(C)c2ccc(N3c4ccccc4-c4cccc5c(N(c6ccc(-c7ccccc7)cc6)c6ccc(-c7ccccc7)cc6)ccc(c45)-c4ccccc43)cc2-c2cc3ccccc3cc21. The molecule has 0 spiro atoms. The van der Waals surface area contributed by atoms with Crippen molar-refractivity contribution in [1.29, 1.82) is 0 Å². The lowest BCUT2D eigenvalue weighted by Gasteiger charge is -2.34. The molecule has 316 valence electrons. The molecule has 2 aliphatic rings. The van der Waals surface area contributed by atoms with Gasteiger partial charge in [-0.25, -0.2) is 0 Å². The van der Waals surface area contributed by atoms with Crippen molar-refractivity contribution in [2.24, 2.45) is 0 Å². The Morgan fingerprint density at radius 2 is 0.836 bits per heavy atom. The van der Waals surface area contributed by atoms with Crippen LogP contribution in [0.2, 0.25) is 0 Å². The Labute approximate surface area is 392 Å². The van der Waals surface area contributed by atoms with E-state index < -0.39 is 0 Å². The summed E-state index contributed by atoms with van der Waals surface area (Å²) in [5, 5.41) is 4.99. The van der Waals surface area contributed by atoms with Gasteiger partial charge in [-0.1, -0.05) is 190 Å². The van der Waals surface area contributed by atoms with Gasteiger partial charge in [-0.3, -0.25) is 0 Å². The van der Waals surface area contributed by atoms with Crippen LogP contribution in [0.4, 0.5) is 34.1 Å². The van der Waals surface area contributed by atoms with Gasteiger partial charge in [-0.15, -0.1) is 0 Å². The molecular formula is C65H46N2. The maximum atomic E-state index is 2.50. The quantitative estimate of drug-likeness (QED) is 0.164. The second kappa shape index (κ2) is 15.3. The number of rotatable bonds is 6. The number of nitrogens with zero attached hydrogens (tertiary/aromatic N) is 2. The van der Waals surface area contributed by atoms with E-state index in [4.69, 9.17) is 0 Å². The second-order valence-corrected chi connectivity index (χ2v) is 18.5. The molecule has 0 saturated carbocycles. The maximum Gasteiger partial charge on any atom is 0.0540 e. The summed E-state index contributed by atoms with van der Waals surface area (Å²) in [7, 11) is 0. The van der Waals surface area contributed by atoms with Crippen molar-refractivity contribution in [2.75, 3.05) is 9.80 Å². The average molecular weight is 855 g/mol. The fourth-order valence-corrected chi connectivity index (χ4v) is 11.1. The van der Waals surface area contributed by atoms with Crippen LogP contribution in [0.1, 0.15) is 25.0 Å². The van der Waals surface area contributed by atoms with E-state index in [0.29, 0.717) is 0 Å². The lowest BCUT2D eigenvalue weighted by Crippen LogP contribution is -2.16. The van der Waals surface area contributed by atoms with E-state index >= 15 is 0 Å². The minimum atomic E-state index is -0.118. The first kappa shape index (κ1) is 39.0. The van der Waals surface area contributed by atoms with Crippen molar-refractivity contribution < 1.29 is 0 Å². The molecule has 67 heavy (non-hydrogen) atoms. The number of hydrogen-bond acceptors (Lipinski definition) is 2. The molecule has 1 aliphatic carbocycles. The zero-order valence-electron chi connectivity index (χ0n) is 37.5. The van der Waals surface area contributed by atoms with Crippen LogP contribution in [0.15, 0.2) is 243 Å². The van der Waals surface area contributed by atoms with E-state index in [1.807, 2.05) is 0 Å². The first-order valence-corrected chi connectivity index (χ1v) is 23.3. The van der Waals surface area contributed by atoms with E-state index in [1.54, 1.807) is 0 Å². The standard InChI is InChI=1S/C65H46N2/c1-65(2)59-38-36-51(42-58(59)57-40-47-20-9-10-21-48(47)41-60(57)65)67-61-26-13-11-22-52(61)54-24-15-25-56-63(39-37-55(64(54)56)53-23-12-14-27-62(53)67)66(49-32-28-45(29-33-49)43-16-5-3-6-17-43)50-34-30-46(31-35-50)44-18-7-4-8-19-44/h3-42H,1-2H3. The number of fused-ring (bicyclic) bond motifs is 8. The normalized spacial score (nSPS) is 13.0. The van der Waals surface area contributed by atoms with Crippen molar-refractivity contribution in [2.45, 2.75) is 19.3 Å². The molecule has 11 aromatic rings. The van der Waals surface area contributed by atoms with Gasteiger partial charge in [0.05, 0.1) is 17.1 Å². The van der Waals surface area contributed by atoms with E-state index in [-0.39, 0.29) is 5.41 Å². The van der Waals surface area contributed by atoms with Gasteiger partial charge < -0.3 is 9.80 Å². The molecule has 0 saturated heterocycles. The summed E-state index contributed by atoms with van der Waals surface area (Å²) in [6.07, 6.45) is 0. The molecule has 11 aromatic carbocycles. The Morgan fingerprint density at radius 1 is 0.343 bits per heavy atom. The third-order valence-electron chi connectivity index (χ3n) is 14.4. The molecule has 1 heterocycles. The summed E-state index contributed by atoms with van der Waals surface area (Å²) in [5.41, 5.74) is 21.6. The highest BCUT2D eigenvalue weighted by Gasteiger charge is 2.37. The highest BCUT2D eigenvalue weighted by molar-refractivity contribution is 6.17. The number of para-hydroxylation sites is 2. The molecule has 0 fully saturated rings. The average Bonchev–Trinajstić information content (AvgIpc) is 3.60. The minimum Gasteiger partial charge on any atom is -0.310 e. The molecule has 0 amide bonds. The zero-order chi connectivity index (χ0) is 44.6. The maximum absolute atomic E-state index is 2.50. The third-order valence-corrected chi connectivity index (χ3v) is 14.4. The predicted molar refractivity (Wildman–Crippen MR) is 284 cm³/mol. The highest BCUT2D eigenvalue weighted by Crippen LogP contribution is 2.56. The van der Waals surface area contributed by atoms with Crippen molar-refractivity contribution in [3.8, 4) is 55.6 Å². The van der Waals surface area contributed by atoms with E-state index in [1.165, 1.54) is 88.3 Å².